The molecule has 1 N–H and O–H groups in total. The number of likely N-dealkylation sites (N-methyl/N-ethyl adjacent to an activating group) is 1. The van der Waals surface area contributed by atoms with E-state index in [4.69, 9.17) is 0 Å². The van der Waals surface area contributed by atoms with Gasteiger partial charge in [0.15, 0.2) is 0 Å². The molecule has 2 aromatic rings. The number of hydrogen-bond donors (Lipinski definition) is 1. The molecule has 2 heterocycles. The minimum absolute atomic E-state index is 0.0300. The van der Waals surface area contributed by atoms with Crippen molar-refractivity contribution in [3.8, 4) is 0 Å². The molecule has 5 heteroatoms. The molecule has 0 atom stereocenters. The molecule has 28 heavy (non-hydrogen) atoms. The van der Waals surface area contributed by atoms with Gasteiger partial charge < -0.3 is 14.8 Å². The number of aromatic amines is 1. The average Bonchev–Trinajstić information content (AvgIpc) is 3.21. The molecule has 1 aromatic carbocycles. The maximum Gasteiger partial charge on any atom is 0.259 e. The van der Waals surface area contributed by atoms with E-state index in [1.165, 1.54) is 24.1 Å². The maximum atomic E-state index is 13.4. The van der Waals surface area contributed by atoms with Crippen LogP contribution in [-0.4, -0.2) is 35.9 Å². The zero-order valence-corrected chi connectivity index (χ0v) is 16.8. The summed E-state index contributed by atoms with van der Waals surface area (Å²) in [6.07, 6.45) is 6.43. The number of hydrogen-bond acceptors (Lipinski definition) is 3. The standard InChI is InChI=1S/C23H27N3O2/c1-15-6-9-21(26-10-4-5-11-26)19(12-15)23(28)25(3)17-7-8-20-18(14-17)16(2)13-22(27)24-20/h7-8,12-14H,4-6,9-11H2,1-3H3,(H,24,27). The third-order valence-corrected chi connectivity index (χ3v) is 5.90. The third-order valence-electron chi connectivity index (χ3n) is 5.90. The summed E-state index contributed by atoms with van der Waals surface area (Å²) in [7, 11) is 1.83. The zero-order valence-electron chi connectivity index (χ0n) is 16.8. The van der Waals surface area contributed by atoms with Crippen LogP contribution in [-0.2, 0) is 4.79 Å². The largest absolute Gasteiger partial charge is 0.374 e. The number of carbonyl (C=O) groups excluding carboxylic acids is 1. The molecule has 4 rings (SSSR count). The molecule has 0 radical (unpaired) electrons. The first-order valence-electron chi connectivity index (χ1n) is 10.0. The number of nitrogens with one attached hydrogen (secondary N) is 1. The number of carbonyl (C=O) groups is 1. The van der Waals surface area contributed by atoms with Crippen molar-refractivity contribution < 1.29 is 4.79 Å². The Balaban J connectivity index is 1.72. The molecular formula is C23H27N3O2. The fraction of sp³-hybridized carbons (Fsp3) is 0.391. The zero-order chi connectivity index (χ0) is 19.8. The number of benzene rings is 1. The molecule has 146 valence electrons. The highest BCUT2D eigenvalue weighted by Crippen LogP contribution is 2.31. The van der Waals surface area contributed by atoms with Gasteiger partial charge >= 0.3 is 0 Å². The minimum atomic E-state index is -0.106. The van der Waals surface area contributed by atoms with E-state index in [9.17, 15) is 9.59 Å². The van der Waals surface area contributed by atoms with Gasteiger partial charge in [-0.3, -0.25) is 9.59 Å². The van der Waals surface area contributed by atoms with E-state index in [-0.39, 0.29) is 11.5 Å². The van der Waals surface area contributed by atoms with Crippen LogP contribution in [0.25, 0.3) is 10.9 Å². The van der Waals surface area contributed by atoms with Crippen LogP contribution in [0.2, 0.25) is 0 Å². The van der Waals surface area contributed by atoms with E-state index in [1.54, 1.807) is 11.0 Å². The van der Waals surface area contributed by atoms with Gasteiger partial charge in [0, 0.05) is 48.5 Å². The lowest BCUT2D eigenvalue weighted by atomic mass is 9.95. The van der Waals surface area contributed by atoms with Crippen molar-refractivity contribution >= 4 is 22.5 Å². The minimum Gasteiger partial charge on any atom is -0.374 e. The van der Waals surface area contributed by atoms with Crippen LogP contribution in [0, 0.1) is 6.92 Å². The number of amides is 1. The molecule has 0 spiro atoms. The Hall–Kier alpha value is -2.82. The Labute approximate surface area is 165 Å². The van der Waals surface area contributed by atoms with Crippen LogP contribution in [0.5, 0.6) is 0 Å². The normalized spacial score (nSPS) is 17.2. The topological polar surface area (TPSA) is 56.4 Å². The molecular weight excluding hydrogens is 350 g/mol. The van der Waals surface area contributed by atoms with E-state index in [0.29, 0.717) is 0 Å². The summed E-state index contributed by atoms with van der Waals surface area (Å²) < 4.78 is 0. The van der Waals surface area contributed by atoms with Crippen LogP contribution in [0.1, 0.15) is 38.2 Å². The lowest BCUT2D eigenvalue weighted by Gasteiger charge is -2.29. The molecule has 1 saturated heterocycles. The summed E-state index contributed by atoms with van der Waals surface area (Å²) in [5, 5.41) is 0.959. The van der Waals surface area contributed by atoms with E-state index in [0.717, 1.165) is 53.7 Å². The average molecular weight is 377 g/mol. The summed E-state index contributed by atoms with van der Waals surface area (Å²) >= 11 is 0. The summed E-state index contributed by atoms with van der Waals surface area (Å²) in [6, 6.07) is 7.34. The van der Waals surface area contributed by atoms with Crippen LogP contribution in [0.4, 0.5) is 5.69 Å². The van der Waals surface area contributed by atoms with Crippen LogP contribution >= 0.6 is 0 Å². The fourth-order valence-electron chi connectivity index (χ4n) is 4.27. The third kappa shape index (κ3) is 3.37. The summed E-state index contributed by atoms with van der Waals surface area (Å²) in [5.41, 5.74) is 5.70. The number of likely N-dealkylation sites (tertiary alicyclic amines) is 1. The molecule has 0 bridgehead atoms. The molecule has 1 aliphatic heterocycles. The molecule has 2 aliphatic rings. The Morgan fingerprint density at radius 3 is 2.61 bits per heavy atom. The van der Waals surface area contributed by atoms with Gasteiger partial charge in [0.2, 0.25) is 5.56 Å². The number of fused-ring (bicyclic) bond motifs is 1. The second-order valence-corrected chi connectivity index (χ2v) is 7.96. The van der Waals surface area contributed by atoms with Crippen molar-refractivity contribution in [3.05, 3.63) is 63.1 Å². The van der Waals surface area contributed by atoms with Gasteiger partial charge in [-0.05, 0) is 69.4 Å². The molecule has 1 amide bonds. The Morgan fingerprint density at radius 1 is 1.11 bits per heavy atom. The lowest BCUT2D eigenvalue weighted by Crippen LogP contribution is -2.32. The van der Waals surface area contributed by atoms with Crippen molar-refractivity contribution in [2.45, 2.75) is 39.5 Å². The van der Waals surface area contributed by atoms with Crippen LogP contribution in [0.15, 0.2) is 52.0 Å². The van der Waals surface area contributed by atoms with E-state index in [2.05, 4.69) is 22.9 Å². The fourth-order valence-corrected chi connectivity index (χ4v) is 4.27. The van der Waals surface area contributed by atoms with E-state index < -0.39 is 0 Å². The van der Waals surface area contributed by atoms with E-state index in [1.807, 2.05) is 32.2 Å². The molecule has 0 saturated carbocycles. The molecule has 1 aromatic heterocycles. The highest BCUT2D eigenvalue weighted by atomic mass is 16.2. The summed E-state index contributed by atoms with van der Waals surface area (Å²) in [6.45, 7) is 6.12. The number of allylic oxidation sites excluding steroid dienone is 2. The molecule has 1 fully saturated rings. The number of nitrogens with zero attached hydrogens (tertiary/aromatic N) is 2. The Kier molecular flexibility index (Phi) is 4.84. The highest BCUT2D eigenvalue weighted by Gasteiger charge is 2.26. The van der Waals surface area contributed by atoms with Gasteiger partial charge in [-0.2, -0.15) is 0 Å². The van der Waals surface area contributed by atoms with Gasteiger partial charge in [-0.25, -0.2) is 0 Å². The molecule has 5 nitrogen and oxygen atoms in total. The van der Waals surface area contributed by atoms with Crippen molar-refractivity contribution in [2.75, 3.05) is 25.0 Å². The van der Waals surface area contributed by atoms with Crippen molar-refractivity contribution in [1.82, 2.24) is 9.88 Å². The van der Waals surface area contributed by atoms with Gasteiger partial charge in [0.05, 0.1) is 5.57 Å². The number of aromatic nitrogens is 1. The quantitative estimate of drug-likeness (QED) is 0.883. The monoisotopic (exact) mass is 377 g/mol. The number of rotatable bonds is 3. The number of pyridine rings is 1. The molecule has 1 aliphatic carbocycles. The first-order valence-corrected chi connectivity index (χ1v) is 10.0. The van der Waals surface area contributed by atoms with Crippen molar-refractivity contribution in [3.63, 3.8) is 0 Å². The number of H-pyrrole nitrogens is 1. The maximum absolute atomic E-state index is 13.4. The first-order chi connectivity index (χ1) is 13.4. The Morgan fingerprint density at radius 2 is 1.86 bits per heavy atom. The molecule has 0 unspecified atom stereocenters. The van der Waals surface area contributed by atoms with Crippen molar-refractivity contribution in [1.29, 1.82) is 0 Å². The van der Waals surface area contributed by atoms with Crippen LogP contribution in [0.3, 0.4) is 0 Å². The highest BCUT2D eigenvalue weighted by molar-refractivity contribution is 6.08. The SMILES string of the molecule is CC1=CC(C(=O)N(C)c2ccc3[nH]c(=O)cc(C)c3c2)=C(N2CCCC2)CC1. The first kappa shape index (κ1) is 18.5. The van der Waals surface area contributed by atoms with Crippen LogP contribution < -0.4 is 10.5 Å². The summed E-state index contributed by atoms with van der Waals surface area (Å²) in [4.78, 5) is 32.1. The lowest BCUT2D eigenvalue weighted by molar-refractivity contribution is -0.114. The smallest absolute Gasteiger partial charge is 0.259 e. The second kappa shape index (κ2) is 7.30. The predicted molar refractivity (Wildman–Crippen MR) is 114 cm³/mol. The van der Waals surface area contributed by atoms with Gasteiger partial charge in [-0.15, -0.1) is 0 Å². The van der Waals surface area contributed by atoms with Gasteiger partial charge in [0.1, 0.15) is 0 Å². The Bertz CT molecular complexity index is 1060. The van der Waals surface area contributed by atoms with Crippen molar-refractivity contribution in [2.24, 2.45) is 0 Å². The van der Waals surface area contributed by atoms with Gasteiger partial charge in [0.25, 0.3) is 5.91 Å². The van der Waals surface area contributed by atoms with Gasteiger partial charge in [-0.1, -0.05) is 5.57 Å². The van der Waals surface area contributed by atoms with E-state index >= 15 is 0 Å². The number of anilines is 1. The predicted octanol–water partition coefficient (Wildman–Crippen LogP) is 3.89. The summed E-state index contributed by atoms with van der Waals surface area (Å²) in [5.74, 6) is 0.0300. The number of aryl methyl sites for hydroxylation is 1. The second-order valence-electron chi connectivity index (χ2n) is 7.96.